The number of nitrogens with zero attached hydrogens (tertiary/aromatic N) is 3. The SMILES string of the molecule is COc1ccc(-c2nnc3[nH]c(=O)c4ccccc4n23)cc1OC. The van der Waals surface area contributed by atoms with Crippen LogP contribution in [-0.2, 0) is 0 Å². The number of fused-ring (bicyclic) bond motifs is 3. The van der Waals surface area contributed by atoms with Gasteiger partial charge < -0.3 is 9.47 Å². The van der Waals surface area contributed by atoms with Gasteiger partial charge in [0.05, 0.1) is 25.1 Å². The van der Waals surface area contributed by atoms with Gasteiger partial charge in [-0.15, -0.1) is 10.2 Å². The highest BCUT2D eigenvalue weighted by Crippen LogP contribution is 2.32. The summed E-state index contributed by atoms with van der Waals surface area (Å²) in [6.07, 6.45) is 0. The molecular formula is C17H14N4O3. The van der Waals surface area contributed by atoms with Gasteiger partial charge in [0, 0.05) is 5.56 Å². The molecular weight excluding hydrogens is 308 g/mol. The summed E-state index contributed by atoms with van der Waals surface area (Å²) in [5.41, 5.74) is 1.35. The average molecular weight is 322 g/mol. The second-order valence-corrected chi connectivity index (χ2v) is 5.22. The van der Waals surface area contributed by atoms with Crippen molar-refractivity contribution in [2.24, 2.45) is 0 Å². The molecule has 0 aliphatic rings. The molecule has 120 valence electrons. The molecule has 0 radical (unpaired) electrons. The lowest BCUT2D eigenvalue weighted by molar-refractivity contribution is 0.355. The van der Waals surface area contributed by atoms with E-state index >= 15 is 0 Å². The molecule has 24 heavy (non-hydrogen) atoms. The molecule has 0 fully saturated rings. The highest BCUT2D eigenvalue weighted by Gasteiger charge is 2.15. The van der Waals surface area contributed by atoms with E-state index in [2.05, 4.69) is 15.2 Å². The first-order valence-corrected chi connectivity index (χ1v) is 7.31. The first-order chi connectivity index (χ1) is 11.7. The number of hydrogen-bond acceptors (Lipinski definition) is 5. The molecule has 7 heteroatoms. The van der Waals surface area contributed by atoms with Gasteiger partial charge in [0.15, 0.2) is 17.3 Å². The van der Waals surface area contributed by atoms with Crippen molar-refractivity contribution < 1.29 is 9.47 Å². The fourth-order valence-electron chi connectivity index (χ4n) is 2.79. The number of nitrogens with one attached hydrogen (secondary N) is 1. The third kappa shape index (κ3) is 2.02. The van der Waals surface area contributed by atoms with E-state index in [1.807, 2.05) is 40.8 Å². The van der Waals surface area contributed by atoms with Gasteiger partial charge in [-0.2, -0.15) is 0 Å². The van der Waals surface area contributed by atoms with Crippen molar-refractivity contribution in [3.63, 3.8) is 0 Å². The summed E-state index contributed by atoms with van der Waals surface area (Å²) in [4.78, 5) is 14.9. The standard InChI is InChI=1S/C17H14N4O3/c1-23-13-8-7-10(9-14(13)24-2)15-19-20-17-18-16(22)11-5-3-4-6-12(11)21(15)17/h3-9H,1-2H3,(H,18,20,22). The minimum absolute atomic E-state index is 0.190. The van der Waals surface area contributed by atoms with Crippen LogP contribution in [0.3, 0.4) is 0 Å². The number of H-pyrrole nitrogens is 1. The van der Waals surface area contributed by atoms with Crippen molar-refractivity contribution in [1.29, 1.82) is 0 Å². The van der Waals surface area contributed by atoms with Gasteiger partial charge in [0.25, 0.3) is 5.56 Å². The van der Waals surface area contributed by atoms with Crippen LogP contribution in [0.15, 0.2) is 47.3 Å². The Morgan fingerprint density at radius 3 is 2.58 bits per heavy atom. The topological polar surface area (TPSA) is 81.5 Å². The Balaban J connectivity index is 2.05. The third-order valence-electron chi connectivity index (χ3n) is 3.92. The van der Waals surface area contributed by atoms with E-state index in [0.29, 0.717) is 28.5 Å². The zero-order valence-corrected chi connectivity index (χ0v) is 13.1. The maximum atomic E-state index is 12.1. The normalized spacial score (nSPS) is 11.1. The summed E-state index contributed by atoms with van der Waals surface area (Å²) >= 11 is 0. The molecule has 0 spiro atoms. The van der Waals surface area contributed by atoms with Crippen LogP contribution in [0.2, 0.25) is 0 Å². The minimum Gasteiger partial charge on any atom is -0.493 e. The van der Waals surface area contributed by atoms with E-state index in [0.717, 1.165) is 11.1 Å². The summed E-state index contributed by atoms with van der Waals surface area (Å²) in [5.74, 6) is 2.23. The van der Waals surface area contributed by atoms with Crippen LogP contribution in [0.1, 0.15) is 0 Å². The molecule has 0 saturated carbocycles. The van der Waals surface area contributed by atoms with Gasteiger partial charge in [-0.3, -0.25) is 14.2 Å². The molecule has 1 N–H and O–H groups in total. The molecule has 2 heterocycles. The van der Waals surface area contributed by atoms with Crippen LogP contribution in [0.25, 0.3) is 28.1 Å². The van der Waals surface area contributed by atoms with Gasteiger partial charge in [-0.25, -0.2) is 0 Å². The maximum Gasteiger partial charge on any atom is 0.260 e. The lowest BCUT2D eigenvalue weighted by Crippen LogP contribution is -2.10. The molecule has 0 aliphatic heterocycles. The van der Waals surface area contributed by atoms with E-state index in [4.69, 9.17) is 9.47 Å². The van der Waals surface area contributed by atoms with E-state index < -0.39 is 0 Å². The lowest BCUT2D eigenvalue weighted by Gasteiger charge is -2.09. The number of benzene rings is 2. The van der Waals surface area contributed by atoms with E-state index in [-0.39, 0.29) is 5.56 Å². The Labute approximate surface area is 136 Å². The van der Waals surface area contributed by atoms with Crippen molar-refractivity contribution >= 4 is 16.7 Å². The molecule has 7 nitrogen and oxygen atoms in total. The maximum absolute atomic E-state index is 12.1. The van der Waals surface area contributed by atoms with E-state index in [1.165, 1.54) is 0 Å². The summed E-state index contributed by atoms with van der Waals surface area (Å²) in [7, 11) is 3.17. The third-order valence-corrected chi connectivity index (χ3v) is 3.92. The predicted octanol–water partition coefficient (Wildman–Crippen LogP) is 2.25. The molecule has 0 saturated heterocycles. The highest BCUT2D eigenvalue weighted by atomic mass is 16.5. The molecule has 4 rings (SSSR count). The molecule has 0 unspecified atom stereocenters. The monoisotopic (exact) mass is 322 g/mol. The fraction of sp³-hybridized carbons (Fsp3) is 0.118. The Morgan fingerprint density at radius 1 is 1.00 bits per heavy atom. The van der Waals surface area contributed by atoms with E-state index in [1.54, 1.807) is 20.3 Å². The molecule has 2 aromatic heterocycles. The van der Waals surface area contributed by atoms with Crippen LogP contribution in [0.5, 0.6) is 11.5 Å². The van der Waals surface area contributed by atoms with Crippen LogP contribution < -0.4 is 15.0 Å². The number of rotatable bonds is 3. The van der Waals surface area contributed by atoms with Crippen molar-refractivity contribution in [3.05, 3.63) is 52.8 Å². The molecule has 0 aliphatic carbocycles. The summed E-state index contributed by atoms with van der Waals surface area (Å²) < 4.78 is 12.4. The fourth-order valence-corrected chi connectivity index (χ4v) is 2.79. The highest BCUT2D eigenvalue weighted by molar-refractivity contribution is 5.82. The minimum atomic E-state index is -0.190. The predicted molar refractivity (Wildman–Crippen MR) is 89.7 cm³/mol. The molecule has 4 aromatic rings. The number of para-hydroxylation sites is 1. The van der Waals surface area contributed by atoms with Crippen LogP contribution in [-0.4, -0.2) is 33.8 Å². The van der Waals surface area contributed by atoms with Crippen molar-refractivity contribution in [2.45, 2.75) is 0 Å². The zero-order chi connectivity index (χ0) is 16.7. The van der Waals surface area contributed by atoms with Crippen molar-refractivity contribution in [2.75, 3.05) is 14.2 Å². The van der Waals surface area contributed by atoms with Crippen LogP contribution in [0, 0.1) is 0 Å². The second-order valence-electron chi connectivity index (χ2n) is 5.22. The van der Waals surface area contributed by atoms with Gasteiger partial charge in [-0.1, -0.05) is 12.1 Å². The molecule has 0 bridgehead atoms. The summed E-state index contributed by atoms with van der Waals surface area (Å²) in [5, 5.41) is 8.90. The van der Waals surface area contributed by atoms with Gasteiger partial charge >= 0.3 is 0 Å². The second kappa shape index (κ2) is 5.38. The average Bonchev–Trinajstić information content (AvgIpc) is 3.05. The Hall–Kier alpha value is -3.35. The Kier molecular flexibility index (Phi) is 3.19. The summed E-state index contributed by atoms with van der Waals surface area (Å²) in [6, 6.07) is 12.8. The quantitative estimate of drug-likeness (QED) is 0.625. The Bertz CT molecular complexity index is 1110. The number of hydrogen-bond donors (Lipinski definition) is 1. The molecule has 2 aromatic carbocycles. The summed E-state index contributed by atoms with van der Waals surface area (Å²) in [6.45, 7) is 0. The molecule has 0 atom stereocenters. The number of ether oxygens (including phenoxy) is 2. The van der Waals surface area contributed by atoms with Gasteiger partial charge in [0.2, 0.25) is 5.78 Å². The first-order valence-electron chi connectivity index (χ1n) is 7.31. The zero-order valence-electron chi connectivity index (χ0n) is 13.1. The number of aromatic amines is 1. The van der Waals surface area contributed by atoms with Gasteiger partial charge in [0.1, 0.15) is 0 Å². The van der Waals surface area contributed by atoms with Gasteiger partial charge in [-0.05, 0) is 30.3 Å². The lowest BCUT2D eigenvalue weighted by atomic mass is 10.2. The van der Waals surface area contributed by atoms with Crippen molar-refractivity contribution in [1.82, 2.24) is 19.6 Å². The largest absolute Gasteiger partial charge is 0.493 e. The number of methoxy groups -OCH3 is 2. The number of aromatic nitrogens is 4. The van der Waals surface area contributed by atoms with Crippen molar-refractivity contribution in [3.8, 4) is 22.9 Å². The first kappa shape index (κ1) is 14.3. The van der Waals surface area contributed by atoms with Crippen LogP contribution in [0.4, 0.5) is 0 Å². The van der Waals surface area contributed by atoms with E-state index in [9.17, 15) is 4.79 Å². The van der Waals surface area contributed by atoms with Crippen LogP contribution >= 0.6 is 0 Å². The smallest absolute Gasteiger partial charge is 0.260 e. The molecule has 0 amide bonds. The Morgan fingerprint density at radius 2 is 1.79 bits per heavy atom.